The summed E-state index contributed by atoms with van der Waals surface area (Å²) < 4.78 is 1.92. The monoisotopic (exact) mass is 251 g/mol. The fourth-order valence-electron chi connectivity index (χ4n) is 2.09. The molecule has 0 radical (unpaired) electrons. The Balaban J connectivity index is 2.15. The van der Waals surface area contributed by atoms with Crippen molar-refractivity contribution in [3.05, 3.63) is 60.2 Å². The Bertz CT molecular complexity index is 730. The van der Waals surface area contributed by atoms with Crippen LogP contribution in [0.25, 0.3) is 11.0 Å². The first-order valence-corrected chi connectivity index (χ1v) is 5.95. The van der Waals surface area contributed by atoms with Crippen molar-refractivity contribution in [3.8, 4) is 0 Å². The lowest BCUT2D eigenvalue weighted by Gasteiger charge is -2.07. The minimum atomic E-state index is -0.0351. The average Bonchev–Trinajstić information content (AvgIpc) is 2.79. The number of nitrogens with two attached hydrogens (primary N) is 1. The van der Waals surface area contributed by atoms with Crippen LogP contribution in [0.15, 0.2) is 48.7 Å². The van der Waals surface area contributed by atoms with Crippen LogP contribution in [0.5, 0.6) is 0 Å². The highest BCUT2D eigenvalue weighted by molar-refractivity contribution is 5.95. The van der Waals surface area contributed by atoms with Gasteiger partial charge in [-0.2, -0.15) is 0 Å². The number of nitrogens with one attached hydrogen (secondary N) is 1. The van der Waals surface area contributed by atoms with E-state index in [0.717, 1.165) is 16.7 Å². The Morgan fingerprint density at radius 1 is 1.16 bits per heavy atom. The van der Waals surface area contributed by atoms with Gasteiger partial charge in [-0.1, -0.05) is 18.2 Å². The molecule has 5 nitrogen and oxygen atoms in total. The highest BCUT2D eigenvalue weighted by Gasteiger charge is 2.12. The van der Waals surface area contributed by atoms with Crippen molar-refractivity contribution < 1.29 is 0 Å². The zero-order chi connectivity index (χ0) is 13.2. The number of aromatic nitrogens is 3. The molecule has 3 aromatic rings. The van der Waals surface area contributed by atoms with Crippen LogP contribution in [0.4, 0.5) is 0 Å². The second-order valence-electron chi connectivity index (χ2n) is 4.25. The summed E-state index contributed by atoms with van der Waals surface area (Å²) in [6, 6.07) is 13.5. The minimum Gasteiger partial charge on any atom is -0.381 e. The van der Waals surface area contributed by atoms with Crippen molar-refractivity contribution in [2.24, 2.45) is 5.73 Å². The quantitative estimate of drug-likeness (QED) is 0.550. The Morgan fingerprint density at radius 2 is 1.95 bits per heavy atom. The summed E-state index contributed by atoms with van der Waals surface area (Å²) in [5.41, 5.74) is 8.32. The van der Waals surface area contributed by atoms with Gasteiger partial charge in [0, 0.05) is 6.20 Å². The van der Waals surface area contributed by atoms with E-state index in [9.17, 15) is 0 Å². The average molecular weight is 251 g/mol. The molecule has 0 saturated carbocycles. The van der Waals surface area contributed by atoms with Gasteiger partial charge in [0.1, 0.15) is 0 Å². The lowest BCUT2D eigenvalue weighted by atomic mass is 10.3. The first-order valence-electron chi connectivity index (χ1n) is 5.95. The summed E-state index contributed by atoms with van der Waals surface area (Å²) in [4.78, 5) is 8.69. The molecule has 1 aromatic carbocycles. The van der Waals surface area contributed by atoms with Gasteiger partial charge < -0.3 is 10.3 Å². The van der Waals surface area contributed by atoms with E-state index < -0.39 is 0 Å². The van der Waals surface area contributed by atoms with Crippen LogP contribution >= 0.6 is 0 Å². The molecule has 0 spiro atoms. The van der Waals surface area contributed by atoms with Gasteiger partial charge in [0.25, 0.3) is 0 Å². The molecule has 19 heavy (non-hydrogen) atoms. The largest absolute Gasteiger partial charge is 0.381 e. The van der Waals surface area contributed by atoms with Crippen LogP contribution in [0.1, 0.15) is 11.5 Å². The van der Waals surface area contributed by atoms with Crippen molar-refractivity contribution in [2.45, 2.75) is 6.54 Å². The van der Waals surface area contributed by atoms with Gasteiger partial charge in [-0.3, -0.25) is 10.4 Å². The van der Waals surface area contributed by atoms with Crippen LogP contribution in [0.2, 0.25) is 0 Å². The van der Waals surface area contributed by atoms with Crippen LogP contribution in [-0.4, -0.2) is 20.4 Å². The Labute approximate surface area is 110 Å². The van der Waals surface area contributed by atoms with E-state index in [1.165, 1.54) is 0 Å². The van der Waals surface area contributed by atoms with E-state index in [1.807, 2.05) is 47.0 Å². The van der Waals surface area contributed by atoms with E-state index in [2.05, 4.69) is 9.97 Å². The van der Waals surface area contributed by atoms with Gasteiger partial charge in [-0.15, -0.1) is 0 Å². The number of para-hydroxylation sites is 2. The number of hydrogen-bond acceptors (Lipinski definition) is 3. The molecule has 0 fully saturated rings. The molecular weight excluding hydrogens is 238 g/mol. The number of benzene rings is 1. The maximum absolute atomic E-state index is 7.65. The molecule has 0 aliphatic carbocycles. The van der Waals surface area contributed by atoms with Crippen molar-refractivity contribution >= 4 is 16.9 Å². The van der Waals surface area contributed by atoms with Crippen molar-refractivity contribution in [1.29, 1.82) is 5.41 Å². The minimum absolute atomic E-state index is 0.0351. The third-order valence-electron chi connectivity index (χ3n) is 2.94. The molecule has 0 unspecified atom stereocenters. The maximum Gasteiger partial charge on any atom is 0.176 e. The Hall–Kier alpha value is -2.69. The summed E-state index contributed by atoms with van der Waals surface area (Å²) in [6.45, 7) is 0.552. The number of amidine groups is 1. The third-order valence-corrected chi connectivity index (χ3v) is 2.94. The lowest BCUT2D eigenvalue weighted by Crippen LogP contribution is -2.19. The molecule has 0 aliphatic rings. The first-order chi connectivity index (χ1) is 9.25. The summed E-state index contributed by atoms with van der Waals surface area (Å²) in [5.74, 6) is 0.444. The molecule has 5 heteroatoms. The molecule has 0 saturated heterocycles. The summed E-state index contributed by atoms with van der Waals surface area (Å²) in [6.07, 6.45) is 1.75. The fraction of sp³-hybridized carbons (Fsp3) is 0.0714. The van der Waals surface area contributed by atoms with E-state index in [4.69, 9.17) is 11.1 Å². The van der Waals surface area contributed by atoms with Gasteiger partial charge in [0.2, 0.25) is 0 Å². The molecule has 2 aromatic heterocycles. The predicted molar refractivity (Wildman–Crippen MR) is 74.1 cm³/mol. The van der Waals surface area contributed by atoms with Gasteiger partial charge in [-0.05, 0) is 24.3 Å². The molecule has 2 heterocycles. The zero-order valence-electron chi connectivity index (χ0n) is 10.2. The van der Waals surface area contributed by atoms with Crippen molar-refractivity contribution in [2.75, 3.05) is 0 Å². The normalized spacial score (nSPS) is 10.7. The number of nitrogen functional groups attached to an aromatic ring is 1. The Morgan fingerprint density at radius 3 is 2.68 bits per heavy atom. The van der Waals surface area contributed by atoms with Crippen LogP contribution in [-0.2, 0) is 6.54 Å². The number of pyridine rings is 1. The number of nitrogens with zero attached hydrogens (tertiary/aromatic N) is 3. The summed E-state index contributed by atoms with van der Waals surface area (Å²) >= 11 is 0. The first kappa shape index (κ1) is 11.4. The number of imidazole rings is 1. The number of rotatable bonds is 3. The molecule has 3 rings (SSSR count). The highest BCUT2D eigenvalue weighted by atomic mass is 15.1. The predicted octanol–water partition coefficient (Wildman–Crippen LogP) is 1.76. The highest BCUT2D eigenvalue weighted by Crippen LogP contribution is 2.17. The van der Waals surface area contributed by atoms with Crippen molar-refractivity contribution in [1.82, 2.24) is 14.5 Å². The number of fused-ring (bicyclic) bond motifs is 1. The summed E-state index contributed by atoms with van der Waals surface area (Å²) in [7, 11) is 0. The molecule has 3 N–H and O–H groups in total. The molecular formula is C14H13N5. The fourth-order valence-corrected chi connectivity index (χ4v) is 2.09. The molecule has 0 bridgehead atoms. The van der Waals surface area contributed by atoms with E-state index in [1.54, 1.807) is 6.20 Å². The second kappa shape index (κ2) is 4.53. The smallest absolute Gasteiger partial charge is 0.176 e. The lowest BCUT2D eigenvalue weighted by molar-refractivity contribution is 0.786. The third kappa shape index (κ3) is 2.06. The van der Waals surface area contributed by atoms with Gasteiger partial charge in [0.05, 0.1) is 23.3 Å². The Kier molecular flexibility index (Phi) is 2.72. The van der Waals surface area contributed by atoms with Crippen LogP contribution in [0.3, 0.4) is 0 Å². The van der Waals surface area contributed by atoms with Gasteiger partial charge in [0.15, 0.2) is 11.7 Å². The second-order valence-corrected chi connectivity index (χ2v) is 4.25. The van der Waals surface area contributed by atoms with E-state index in [-0.39, 0.29) is 5.84 Å². The molecule has 0 atom stereocenters. The molecule has 0 amide bonds. The van der Waals surface area contributed by atoms with Crippen molar-refractivity contribution in [3.63, 3.8) is 0 Å². The molecule has 0 aliphatic heterocycles. The zero-order valence-corrected chi connectivity index (χ0v) is 10.2. The summed E-state index contributed by atoms with van der Waals surface area (Å²) in [5, 5.41) is 7.65. The van der Waals surface area contributed by atoms with E-state index in [0.29, 0.717) is 12.4 Å². The van der Waals surface area contributed by atoms with Gasteiger partial charge >= 0.3 is 0 Å². The topological polar surface area (TPSA) is 80.6 Å². The SMILES string of the molecule is N=C(N)c1nc2ccccc2n1Cc1ccccn1. The maximum atomic E-state index is 7.65. The van der Waals surface area contributed by atoms with Crippen LogP contribution < -0.4 is 5.73 Å². The standard InChI is InChI=1S/C14H13N5/c15-13(16)14-18-11-6-1-2-7-12(11)19(14)9-10-5-3-4-8-17-10/h1-8H,9H2,(H3,15,16). The number of hydrogen-bond donors (Lipinski definition) is 2. The van der Waals surface area contributed by atoms with Gasteiger partial charge in [-0.25, -0.2) is 4.98 Å². The molecule has 94 valence electrons. The van der Waals surface area contributed by atoms with E-state index >= 15 is 0 Å². The van der Waals surface area contributed by atoms with Crippen LogP contribution in [0, 0.1) is 5.41 Å².